The van der Waals surface area contributed by atoms with Crippen molar-refractivity contribution in [2.45, 2.75) is 13.1 Å². The molecule has 0 aliphatic heterocycles. The standard InChI is InChI=1S/C15H16BrFN2/c1-19(9-11-2-4-13(16)5-3-11)10-12-6-14(17)8-15(18)7-12/h2-8H,9-10,18H2,1H3. The number of rotatable bonds is 4. The third kappa shape index (κ3) is 4.33. The van der Waals surface area contributed by atoms with Crippen LogP contribution in [0.25, 0.3) is 0 Å². The summed E-state index contributed by atoms with van der Waals surface area (Å²) in [5.41, 5.74) is 8.21. The molecule has 4 heteroatoms. The summed E-state index contributed by atoms with van der Waals surface area (Å²) in [6, 6.07) is 12.8. The molecule has 0 saturated carbocycles. The van der Waals surface area contributed by atoms with Crippen molar-refractivity contribution in [3.63, 3.8) is 0 Å². The highest BCUT2D eigenvalue weighted by atomic mass is 79.9. The van der Waals surface area contributed by atoms with Gasteiger partial charge in [-0.25, -0.2) is 4.39 Å². The van der Waals surface area contributed by atoms with E-state index >= 15 is 0 Å². The normalized spacial score (nSPS) is 10.9. The van der Waals surface area contributed by atoms with E-state index in [2.05, 4.69) is 33.0 Å². The molecule has 2 aromatic rings. The smallest absolute Gasteiger partial charge is 0.125 e. The van der Waals surface area contributed by atoms with Gasteiger partial charge in [-0.3, -0.25) is 4.90 Å². The van der Waals surface area contributed by atoms with Gasteiger partial charge in [-0.15, -0.1) is 0 Å². The molecule has 0 bridgehead atoms. The molecule has 2 N–H and O–H groups in total. The van der Waals surface area contributed by atoms with Gasteiger partial charge >= 0.3 is 0 Å². The number of benzene rings is 2. The highest BCUT2D eigenvalue weighted by molar-refractivity contribution is 9.10. The van der Waals surface area contributed by atoms with Gasteiger partial charge in [0.15, 0.2) is 0 Å². The van der Waals surface area contributed by atoms with E-state index < -0.39 is 0 Å². The maximum Gasteiger partial charge on any atom is 0.125 e. The van der Waals surface area contributed by atoms with Crippen LogP contribution in [0.4, 0.5) is 10.1 Å². The third-order valence-corrected chi connectivity index (χ3v) is 3.33. The largest absolute Gasteiger partial charge is 0.399 e. The summed E-state index contributed by atoms with van der Waals surface area (Å²) in [6.07, 6.45) is 0. The fraction of sp³-hybridized carbons (Fsp3) is 0.200. The molecule has 0 unspecified atom stereocenters. The van der Waals surface area contributed by atoms with Gasteiger partial charge in [0.2, 0.25) is 0 Å². The summed E-state index contributed by atoms with van der Waals surface area (Å²) >= 11 is 3.41. The van der Waals surface area contributed by atoms with Crippen LogP contribution in [0.3, 0.4) is 0 Å². The van der Waals surface area contributed by atoms with Crippen molar-refractivity contribution in [1.82, 2.24) is 4.90 Å². The molecule has 0 heterocycles. The third-order valence-electron chi connectivity index (χ3n) is 2.80. The highest BCUT2D eigenvalue weighted by Gasteiger charge is 2.04. The van der Waals surface area contributed by atoms with Gasteiger partial charge in [0.05, 0.1) is 0 Å². The van der Waals surface area contributed by atoms with Gasteiger partial charge in [0.1, 0.15) is 5.82 Å². The Bertz CT molecular complexity index is 534. The first-order chi connectivity index (χ1) is 9.02. The van der Waals surface area contributed by atoms with E-state index in [0.717, 1.165) is 16.6 Å². The van der Waals surface area contributed by atoms with Gasteiger partial charge in [-0.05, 0) is 48.5 Å². The summed E-state index contributed by atoms with van der Waals surface area (Å²) in [5.74, 6) is -0.285. The van der Waals surface area contributed by atoms with E-state index in [9.17, 15) is 4.39 Å². The van der Waals surface area contributed by atoms with E-state index in [4.69, 9.17) is 5.73 Å². The lowest BCUT2D eigenvalue weighted by Gasteiger charge is -2.17. The molecule has 100 valence electrons. The first kappa shape index (κ1) is 14.0. The molecule has 0 aliphatic rings. The lowest BCUT2D eigenvalue weighted by Crippen LogP contribution is -2.17. The molecule has 0 radical (unpaired) electrons. The van der Waals surface area contributed by atoms with Crippen molar-refractivity contribution in [2.75, 3.05) is 12.8 Å². The van der Waals surface area contributed by atoms with Crippen LogP contribution in [0.5, 0.6) is 0 Å². The lowest BCUT2D eigenvalue weighted by atomic mass is 10.1. The zero-order chi connectivity index (χ0) is 13.8. The number of nitrogens with two attached hydrogens (primary N) is 1. The Labute approximate surface area is 121 Å². The average Bonchev–Trinajstić information content (AvgIpc) is 2.30. The van der Waals surface area contributed by atoms with Gasteiger partial charge in [-0.1, -0.05) is 28.1 Å². The molecule has 0 saturated heterocycles. The summed E-state index contributed by atoms with van der Waals surface area (Å²) in [4.78, 5) is 2.12. The quantitative estimate of drug-likeness (QED) is 0.867. The molecular weight excluding hydrogens is 307 g/mol. The zero-order valence-electron chi connectivity index (χ0n) is 10.7. The maximum absolute atomic E-state index is 13.2. The molecule has 0 aliphatic carbocycles. The molecule has 0 fully saturated rings. The van der Waals surface area contributed by atoms with E-state index in [0.29, 0.717) is 12.2 Å². The van der Waals surface area contributed by atoms with E-state index in [1.165, 1.54) is 17.7 Å². The van der Waals surface area contributed by atoms with Crippen molar-refractivity contribution in [1.29, 1.82) is 0 Å². The molecule has 19 heavy (non-hydrogen) atoms. The Morgan fingerprint density at radius 2 is 1.68 bits per heavy atom. The minimum Gasteiger partial charge on any atom is -0.399 e. The highest BCUT2D eigenvalue weighted by Crippen LogP contribution is 2.15. The van der Waals surface area contributed by atoms with Crippen LogP contribution >= 0.6 is 15.9 Å². The summed E-state index contributed by atoms with van der Waals surface area (Å²) in [7, 11) is 2.00. The fourth-order valence-electron chi connectivity index (χ4n) is 2.04. The van der Waals surface area contributed by atoms with Crippen LogP contribution < -0.4 is 5.73 Å². The van der Waals surface area contributed by atoms with E-state index in [1.54, 1.807) is 6.07 Å². The fourth-order valence-corrected chi connectivity index (χ4v) is 2.30. The number of hydrogen-bond acceptors (Lipinski definition) is 2. The maximum atomic E-state index is 13.2. The van der Waals surface area contributed by atoms with E-state index in [-0.39, 0.29) is 5.82 Å². The first-order valence-corrected chi connectivity index (χ1v) is 6.80. The van der Waals surface area contributed by atoms with Gasteiger partial charge in [0.25, 0.3) is 0 Å². The minimum atomic E-state index is -0.285. The Kier molecular flexibility index (Phi) is 4.56. The van der Waals surface area contributed by atoms with E-state index in [1.807, 2.05) is 19.2 Å². The van der Waals surface area contributed by atoms with Crippen molar-refractivity contribution in [2.24, 2.45) is 0 Å². The second-order valence-electron chi connectivity index (χ2n) is 4.69. The molecule has 0 spiro atoms. The summed E-state index contributed by atoms with van der Waals surface area (Å²) in [6.45, 7) is 1.47. The molecule has 2 nitrogen and oxygen atoms in total. The predicted molar refractivity (Wildman–Crippen MR) is 80.1 cm³/mol. The predicted octanol–water partition coefficient (Wildman–Crippen LogP) is 3.80. The Balaban J connectivity index is 2.00. The Morgan fingerprint density at radius 1 is 1.05 bits per heavy atom. The van der Waals surface area contributed by atoms with Crippen molar-refractivity contribution >= 4 is 21.6 Å². The molecular formula is C15H16BrFN2. The number of halogens is 2. The van der Waals surface area contributed by atoms with Crippen LogP contribution in [-0.4, -0.2) is 11.9 Å². The molecule has 2 aromatic carbocycles. The van der Waals surface area contributed by atoms with Crippen LogP contribution in [-0.2, 0) is 13.1 Å². The monoisotopic (exact) mass is 322 g/mol. The van der Waals surface area contributed by atoms with Crippen LogP contribution in [0.2, 0.25) is 0 Å². The molecule has 0 aromatic heterocycles. The number of nitrogen functional groups attached to an aromatic ring is 1. The van der Waals surface area contributed by atoms with Crippen molar-refractivity contribution < 1.29 is 4.39 Å². The van der Waals surface area contributed by atoms with Crippen molar-refractivity contribution in [3.05, 3.63) is 63.9 Å². The molecule has 2 rings (SSSR count). The number of nitrogens with zero attached hydrogens (tertiary/aromatic N) is 1. The van der Waals surface area contributed by atoms with Crippen LogP contribution in [0.1, 0.15) is 11.1 Å². The van der Waals surface area contributed by atoms with Crippen molar-refractivity contribution in [3.8, 4) is 0 Å². The minimum absolute atomic E-state index is 0.285. The van der Waals surface area contributed by atoms with Gasteiger partial charge in [0, 0.05) is 23.2 Å². The average molecular weight is 323 g/mol. The Morgan fingerprint density at radius 3 is 2.32 bits per heavy atom. The topological polar surface area (TPSA) is 29.3 Å². The van der Waals surface area contributed by atoms with Gasteiger partial charge < -0.3 is 5.73 Å². The summed E-state index contributed by atoms with van der Waals surface area (Å²) in [5, 5.41) is 0. The number of anilines is 1. The Hall–Kier alpha value is -1.39. The summed E-state index contributed by atoms with van der Waals surface area (Å²) < 4.78 is 14.3. The first-order valence-electron chi connectivity index (χ1n) is 6.01. The second kappa shape index (κ2) is 6.17. The molecule has 0 atom stereocenters. The zero-order valence-corrected chi connectivity index (χ0v) is 12.3. The van der Waals surface area contributed by atoms with Crippen LogP contribution in [0, 0.1) is 5.82 Å². The van der Waals surface area contributed by atoms with Gasteiger partial charge in [-0.2, -0.15) is 0 Å². The number of hydrogen-bond donors (Lipinski definition) is 1. The molecule has 0 amide bonds. The SMILES string of the molecule is CN(Cc1ccc(Br)cc1)Cc1cc(N)cc(F)c1. The lowest BCUT2D eigenvalue weighted by molar-refractivity contribution is 0.318. The van der Waals surface area contributed by atoms with Crippen LogP contribution in [0.15, 0.2) is 46.9 Å². The second-order valence-corrected chi connectivity index (χ2v) is 5.61.